The highest BCUT2D eigenvalue weighted by Gasteiger charge is 2.20. The van der Waals surface area contributed by atoms with Gasteiger partial charge >= 0.3 is 0 Å². The number of unbranched alkanes of at least 4 members (excludes halogenated alkanes) is 1. The van der Waals surface area contributed by atoms with Gasteiger partial charge in [-0.25, -0.2) is 12.7 Å². The number of hydrogen-bond donors (Lipinski definition) is 1. The van der Waals surface area contributed by atoms with Crippen molar-refractivity contribution in [2.24, 2.45) is 0 Å². The molecule has 0 radical (unpaired) electrons. The van der Waals surface area contributed by atoms with Crippen molar-refractivity contribution in [1.82, 2.24) is 9.62 Å². The molecule has 0 bridgehead atoms. The highest BCUT2D eigenvalue weighted by Crippen LogP contribution is 2.20. The fourth-order valence-electron chi connectivity index (χ4n) is 3.30. The van der Waals surface area contributed by atoms with Crippen LogP contribution >= 0.6 is 0 Å². The first-order valence-electron chi connectivity index (χ1n) is 11.5. The molecule has 0 aromatic heterocycles. The van der Waals surface area contributed by atoms with E-state index in [1.807, 2.05) is 54.6 Å². The lowest BCUT2D eigenvalue weighted by molar-refractivity contribution is 0.0951. The Bertz CT molecular complexity index is 1210. The van der Waals surface area contributed by atoms with Crippen molar-refractivity contribution in [1.29, 1.82) is 0 Å². The largest absolute Gasteiger partial charge is 0.494 e. The van der Waals surface area contributed by atoms with E-state index in [2.05, 4.69) is 5.32 Å². The summed E-state index contributed by atoms with van der Waals surface area (Å²) in [5, 5.41) is 2.86. The number of sulfonamides is 1. The Balaban J connectivity index is 1.38. The third-order valence-electron chi connectivity index (χ3n) is 5.43. The van der Waals surface area contributed by atoms with E-state index in [1.54, 1.807) is 13.0 Å². The number of nitrogens with one attached hydrogen (secondary N) is 1. The van der Waals surface area contributed by atoms with Crippen LogP contribution in [0.3, 0.4) is 0 Å². The van der Waals surface area contributed by atoms with Crippen LogP contribution in [0.2, 0.25) is 0 Å². The monoisotopic (exact) mass is 496 g/mol. The number of rotatable bonds is 12. The highest BCUT2D eigenvalue weighted by atomic mass is 32.2. The third kappa shape index (κ3) is 7.56. The van der Waals surface area contributed by atoms with Crippen LogP contribution in [0.1, 0.15) is 34.3 Å². The first kappa shape index (κ1) is 26.2. The molecule has 0 unspecified atom stereocenters. The maximum absolute atomic E-state index is 12.6. The Morgan fingerprint density at radius 3 is 2.20 bits per heavy atom. The van der Waals surface area contributed by atoms with Crippen molar-refractivity contribution in [2.45, 2.75) is 31.3 Å². The van der Waals surface area contributed by atoms with Gasteiger partial charge in [-0.05, 0) is 67.3 Å². The molecule has 186 valence electrons. The van der Waals surface area contributed by atoms with E-state index < -0.39 is 10.0 Å². The summed E-state index contributed by atoms with van der Waals surface area (Å²) in [6.07, 6.45) is 1.50. The second kappa shape index (κ2) is 12.4. The van der Waals surface area contributed by atoms with Crippen molar-refractivity contribution in [3.05, 3.63) is 89.5 Å². The Kier molecular flexibility index (Phi) is 9.28. The summed E-state index contributed by atoms with van der Waals surface area (Å²) in [5.74, 6) is 1.25. The fraction of sp³-hybridized carbons (Fsp3) is 0.296. The lowest BCUT2D eigenvalue weighted by atomic mass is 10.1. The molecule has 1 N–H and O–H groups in total. The van der Waals surface area contributed by atoms with Gasteiger partial charge in [-0.1, -0.05) is 36.4 Å². The zero-order chi connectivity index (χ0) is 25.3. The van der Waals surface area contributed by atoms with E-state index in [9.17, 15) is 13.2 Å². The summed E-state index contributed by atoms with van der Waals surface area (Å²) in [6.45, 7) is 3.29. The molecule has 0 aliphatic carbocycles. The maximum Gasteiger partial charge on any atom is 0.251 e. The van der Waals surface area contributed by atoms with Crippen molar-refractivity contribution in [3.8, 4) is 11.5 Å². The number of amides is 1. The van der Waals surface area contributed by atoms with Crippen LogP contribution in [0.15, 0.2) is 77.7 Å². The third-order valence-corrected chi connectivity index (χ3v) is 7.24. The molecule has 0 fully saturated rings. The average Bonchev–Trinajstić information content (AvgIpc) is 2.86. The Morgan fingerprint density at radius 1 is 0.886 bits per heavy atom. The molecule has 1 amide bonds. The van der Waals surface area contributed by atoms with Gasteiger partial charge in [0, 0.05) is 26.2 Å². The zero-order valence-corrected chi connectivity index (χ0v) is 21.2. The highest BCUT2D eigenvalue weighted by molar-refractivity contribution is 7.89. The van der Waals surface area contributed by atoms with Crippen LogP contribution in [-0.2, 0) is 16.6 Å². The molecule has 8 heteroatoms. The Morgan fingerprint density at radius 2 is 1.54 bits per heavy atom. The van der Waals surface area contributed by atoms with Gasteiger partial charge in [-0.3, -0.25) is 4.79 Å². The van der Waals surface area contributed by atoms with E-state index in [0.29, 0.717) is 25.3 Å². The zero-order valence-electron chi connectivity index (χ0n) is 20.4. The molecule has 7 nitrogen and oxygen atoms in total. The van der Waals surface area contributed by atoms with Gasteiger partial charge in [0.25, 0.3) is 5.91 Å². The molecular formula is C27H32N2O5S. The van der Waals surface area contributed by atoms with Crippen molar-refractivity contribution >= 4 is 15.9 Å². The minimum Gasteiger partial charge on any atom is -0.494 e. The van der Waals surface area contributed by atoms with Crippen LogP contribution in [0.4, 0.5) is 0 Å². The summed E-state index contributed by atoms with van der Waals surface area (Å²) in [6, 6.07) is 22.1. The summed E-state index contributed by atoms with van der Waals surface area (Å²) in [5.41, 5.74) is 2.19. The maximum atomic E-state index is 12.6. The Labute approximate surface area is 207 Å². The number of nitrogens with zero attached hydrogens (tertiary/aromatic N) is 1. The molecule has 0 spiro atoms. The van der Waals surface area contributed by atoms with Crippen LogP contribution in [0.25, 0.3) is 0 Å². The minimum absolute atomic E-state index is 0.100. The summed E-state index contributed by atoms with van der Waals surface area (Å²) in [7, 11) is -0.672. The predicted molar refractivity (Wildman–Crippen MR) is 136 cm³/mol. The van der Waals surface area contributed by atoms with Gasteiger partial charge in [0.1, 0.15) is 18.1 Å². The molecule has 0 saturated carbocycles. The lowest BCUT2D eigenvalue weighted by Gasteiger charge is -2.14. The first-order chi connectivity index (χ1) is 16.8. The number of hydrogen-bond acceptors (Lipinski definition) is 5. The number of carbonyl (C=O) groups is 1. The quantitative estimate of drug-likeness (QED) is 0.376. The molecule has 0 heterocycles. The van der Waals surface area contributed by atoms with Crippen molar-refractivity contribution in [3.63, 3.8) is 0 Å². The molecule has 3 aromatic carbocycles. The molecule has 35 heavy (non-hydrogen) atoms. The van der Waals surface area contributed by atoms with Gasteiger partial charge in [0.15, 0.2) is 0 Å². The Hall–Kier alpha value is -3.36. The van der Waals surface area contributed by atoms with E-state index in [4.69, 9.17) is 9.47 Å². The van der Waals surface area contributed by atoms with E-state index in [0.717, 1.165) is 39.8 Å². The van der Waals surface area contributed by atoms with Crippen molar-refractivity contribution in [2.75, 3.05) is 27.2 Å². The lowest BCUT2D eigenvalue weighted by Crippen LogP contribution is -2.27. The predicted octanol–water partition coefficient (Wildman–Crippen LogP) is 4.41. The first-order valence-corrected chi connectivity index (χ1v) is 12.9. The molecule has 3 rings (SSSR count). The fourth-order valence-corrected chi connectivity index (χ4v) is 4.23. The smallest absolute Gasteiger partial charge is 0.251 e. The van der Waals surface area contributed by atoms with Gasteiger partial charge in [0.2, 0.25) is 10.0 Å². The van der Waals surface area contributed by atoms with Crippen molar-refractivity contribution < 1.29 is 22.7 Å². The minimum atomic E-state index is -3.60. The van der Waals surface area contributed by atoms with Crippen LogP contribution in [0.5, 0.6) is 11.5 Å². The number of carbonyl (C=O) groups excluding carboxylic acids is 1. The number of ether oxygens (including phenoxy) is 2. The topological polar surface area (TPSA) is 84.9 Å². The molecular weight excluding hydrogens is 464 g/mol. The second-order valence-corrected chi connectivity index (χ2v) is 10.5. The molecule has 0 aliphatic heterocycles. The van der Waals surface area contributed by atoms with Gasteiger partial charge in [0.05, 0.1) is 11.5 Å². The van der Waals surface area contributed by atoms with Crippen LogP contribution in [-0.4, -0.2) is 45.9 Å². The number of benzene rings is 3. The SMILES string of the molecule is Cc1ccc(S(=O)(=O)N(C)C)cc1C(=O)NCCCCOc1ccc(OCc2ccccc2)cc1. The average molecular weight is 497 g/mol. The normalized spacial score (nSPS) is 11.3. The molecule has 0 atom stereocenters. The summed E-state index contributed by atoms with van der Waals surface area (Å²) >= 11 is 0. The van der Waals surface area contributed by atoms with E-state index in [-0.39, 0.29) is 10.8 Å². The second-order valence-electron chi connectivity index (χ2n) is 8.32. The van der Waals surface area contributed by atoms with Crippen LogP contribution < -0.4 is 14.8 Å². The van der Waals surface area contributed by atoms with Gasteiger partial charge in [-0.2, -0.15) is 0 Å². The summed E-state index contributed by atoms with van der Waals surface area (Å²) in [4.78, 5) is 12.7. The molecule has 0 saturated heterocycles. The molecule has 3 aromatic rings. The van der Waals surface area contributed by atoms with Gasteiger partial charge < -0.3 is 14.8 Å². The summed E-state index contributed by atoms with van der Waals surface area (Å²) < 4.78 is 37.4. The van der Waals surface area contributed by atoms with E-state index in [1.165, 1.54) is 26.2 Å². The molecule has 0 aliphatic rings. The van der Waals surface area contributed by atoms with Gasteiger partial charge in [-0.15, -0.1) is 0 Å². The number of aryl methyl sites for hydroxylation is 1. The van der Waals surface area contributed by atoms with E-state index >= 15 is 0 Å². The standard InChI is InChI=1S/C27H32N2O5S/c1-21-11-16-25(35(31,32)29(2)3)19-26(21)27(30)28-17-7-8-18-33-23-12-14-24(15-13-23)34-20-22-9-5-4-6-10-22/h4-6,9-16,19H,7-8,17-18,20H2,1-3H3,(H,28,30). The van der Waals surface area contributed by atoms with Crippen LogP contribution in [0, 0.1) is 6.92 Å².